The van der Waals surface area contributed by atoms with Crippen molar-refractivity contribution in [3.05, 3.63) is 16.1 Å². The molecule has 5 nitrogen and oxygen atoms in total. The van der Waals surface area contributed by atoms with E-state index < -0.39 is 9.84 Å². The van der Waals surface area contributed by atoms with Crippen LogP contribution in [0.2, 0.25) is 0 Å². The Hall–Kier alpha value is -0.500. The number of aliphatic hydroxyl groups excluding tert-OH is 1. The van der Waals surface area contributed by atoms with E-state index in [0.717, 1.165) is 5.69 Å². The molecule has 1 aliphatic rings. The van der Waals surface area contributed by atoms with Gasteiger partial charge in [0.2, 0.25) is 0 Å². The maximum Gasteiger partial charge on any atom is 0.153 e. The average molecular weight is 347 g/mol. The molecule has 1 aliphatic carbocycles. The first-order valence-corrected chi connectivity index (χ1v) is 10.8. The van der Waals surface area contributed by atoms with Gasteiger partial charge in [0.25, 0.3) is 0 Å². The molecule has 0 saturated heterocycles. The third-order valence-electron chi connectivity index (χ3n) is 3.94. The van der Waals surface area contributed by atoms with Crippen LogP contribution in [-0.2, 0) is 22.1 Å². The Bertz CT molecular complexity index is 563. The monoisotopic (exact) mass is 346 g/mol. The molecule has 0 radical (unpaired) electrons. The van der Waals surface area contributed by atoms with Gasteiger partial charge in [0.1, 0.15) is 10.8 Å². The number of thiazole rings is 1. The molecule has 1 heterocycles. The largest absolute Gasteiger partial charge is 0.392 e. The van der Waals surface area contributed by atoms with Crippen molar-refractivity contribution < 1.29 is 13.5 Å². The minimum absolute atomic E-state index is 0.0114. The lowest BCUT2D eigenvalue weighted by Gasteiger charge is -2.34. The molecule has 0 spiro atoms. The number of aromatic nitrogens is 1. The Labute approximate surface area is 137 Å². The molecular weight excluding hydrogens is 320 g/mol. The van der Waals surface area contributed by atoms with Crippen LogP contribution in [0, 0.1) is 0 Å². The fraction of sp³-hybridized carbons (Fsp3) is 0.800. The maximum atomic E-state index is 11.3. The van der Waals surface area contributed by atoms with Gasteiger partial charge in [-0.05, 0) is 19.8 Å². The SMILES string of the molecule is CC(O)CN(Cc1csc(CS(C)(=O)=O)n1)C1CCCCC1. The summed E-state index contributed by atoms with van der Waals surface area (Å²) in [4.78, 5) is 6.76. The van der Waals surface area contributed by atoms with Crippen molar-refractivity contribution in [1.82, 2.24) is 9.88 Å². The molecule has 1 fully saturated rings. The smallest absolute Gasteiger partial charge is 0.153 e. The summed E-state index contributed by atoms with van der Waals surface area (Å²) in [5, 5.41) is 12.3. The highest BCUT2D eigenvalue weighted by molar-refractivity contribution is 7.90. The molecule has 1 N–H and O–H groups in total. The van der Waals surface area contributed by atoms with Crippen molar-refractivity contribution in [2.24, 2.45) is 0 Å². The van der Waals surface area contributed by atoms with Gasteiger partial charge in [0, 0.05) is 30.8 Å². The van der Waals surface area contributed by atoms with E-state index in [1.165, 1.54) is 49.7 Å². The van der Waals surface area contributed by atoms with E-state index in [-0.39, 0.29) is 11.9 Å². The molecular formula is C15H26N2O3S2. The number of nitrogens with zero attached hydrogens (tertiary/aromatic N) is 2. The predicted octanol–water partition coefficient (Wildman–Crippen LogP) is 2.20. The van der Waals surface area contributed by atoms with Gasteiger partial charge >= 0.3 is 0 Å². The van der Waals surface area contributed by atoms with E-state index in [4.69, 9.17) is 0 Å². The zero-order valence-electron chi connectivity index (χ0n) is 13.4. The molecule has 1 saturated carbocycles. The molecule has 0 bridgehead atoms. The van der Waals surface area contributed by atoms with E-state index >= 15 is 0 Å². The zero-order valence-corrected chi connectivity index (χ0v) is 15.0. The quantitative estimate of drug-likeness (QED) is 0.819. The molecule has 22 heavy (non-hydrogen) atoms. The van der Waals surface area contributed by atoms with E-state index in [1.807, 2.05) is 12.3 Å². The Kier molecular flexibility index (Phi) is 6.37. The third kappa shape index (κ3) is 5.95. The van der Waals surface area contributed by atoms with E-state index in [9.17, 15) is 13.5 Å². The molecule has 1 aromatic heterocycles. The normalized spacial score (nSPS) is 18.7. The minimum atomic E-state index is -3.04. The summed E-state index contributed by atoms with van der Waals surface area (Å²) in [5.74, 6) is 0.0114. The highest BCUT2D eigenvalue weighted by atomic mass is 32.2. The summed E-state index contributed by atoms with van der Waals surface area (Å²) >= 11 is 1.40. The number of hydrogen-bond acceptors (Lipinski definition) is 6. The van der Waals surface area contributed by atoms with Crippen LogP contribution in [0.15, 0.2) is 5.38 Å². The lowest BCUT2D eigenvalue weighted by molar-refractivity contribution is 0.0761. The number of aliphatic hydroxyl groups is 1. The van der Waals surface area contributed by atoms with Gasteiger partial charge in [0.05, 0.1) is 11.8 Å². The highest BCUT2D eigenvalue weighted by Gasteiger charge is 2.23. The van der Waals surface area contributed by atoms with E-state index in [2.05, 4.69) is 9.88 Å². The summed E-state index contributed by atoms with van der Waals surface area (Å²) in [6.45, 7) is 3.14. The lowest BCUT2D eigenvalue weighted by atomic mass is 9.94. The van der Waals surface area contributed by atoms with Gasteiger partial charge in [-0.15, -0.1) is 11.3 Å². The molecule has 1 unspecified atom stereocenters. The van der Waals surface area contributed by atoms with Crippen molar-refractivity contribution in [3.63, 3.8) is 0 Å². The Balaban J connectivity index is 2.03. The van der Waals surface area contributed by atoms with E-state index in [0.29, 0.717) is 24.1 Å². The Morgan fingerprint density at radius 1 is 1.41 bits per heavy atom. The van der Waals surface area contributed by atoms with Crippen molar-refractivity contribution >= 4 is 21.2 Å². The van der Waals surface area contributed by atoms with Crippen LogP contribution in [0.3, 0.4) is 0 Å². The number of rotatable bonds is 7. The van der Waals surface area contributed by atoms with Crippen molar-refractivity contribution in [3.8, 4) is 0 Å². The molecule has 1 aromatic rings. The lowest BCUT2D eigenvalue weighted by Crippen LogP contribution is -2.40. The first-order valence-electron chi connectivity index (χ1n) is 7.86. The highest BCUT2D eigenvalue weighted by Crippen LogP contribution is 2.25. The van der Waals surface area contributed by atoms with Crippen molar-refractivity contribution in [1.29, 1.82) is 0 Å². The summed E-state index contributed by atoms with van der Waals surface area (Å²) in [6.07, 6.45) is 7.01. The molecule has 2 rings (SSSR count). The molecule has 1 atom stereocenters. The van der Waals surface area contributed by atoms with Crippen molar-refractivity contribution in [2.45, 2.75) is 63.5 Å². The van der Waals surface area contributed by atoms with Crippen LogP contribution in [0.25, 0.3) is 0 Å². The molecule has 0 aliphatic heterocycles. The predicted molar refractivity (Wildman–Crippen MR) is 89.6 cm³/mol. The summed E-state index contributed by atoms with van der Waals surface area (Å²) in [5.41, 5.74) is 0.912. The van der Waals surface area contributed by atoms with Gasteiger partial charge in [-0.3, -0.25) is 4.90 Å². The van der Waals surface area contributed by atoms with Gasteiger partial charge in [-0.1, -0.05) is 19.3 Å². The van der Waals surface area contributed by atoms with Gasteiger partial charge < -0.3 is 5.11 Å². The van der Waals surface area contributed by atoms with Crippen molar-refractivity contribution in [2.75, 3.05) is 12.8 Å². The standard InChI is InChI=1S/C15H26N2O3S2/c1-12(18)8-17(14-6-4-3-5-7-14)9-13-10-21-15(16-13)11-22(2,19)20/h10,12,14,18H,3-9,11H2,1-2H3. The zero-order chi connectivity index (χ0) is 16.2. The summed E-state index contributed by atoms with van der Waals surface area (Å²) in [6, 6.07) is 0.503. The van der Waals surface area contributed by atoms with E-state index in [1.54, 1.807) is 0 Å². The summed E-state index contributed by atoms with van der Waals surface area (Å²) in [7, 11) is -3.04. The second-order valence-corrected chi connectivity index (χ2v) is 9.46. The van der Waals surface area contributed by atoms with Crippen LogP contribution in [0.1, 0.15) is 49.7 Å². The van der Waals surface area contributed by atoms with Gasteiger partial charge in [-0.2, -0.15) is 0 Å². The average Bonchev–Trinajstić information content (AvgIpc) is 2.83. The van der Waals surface area contributed by atoms with Gasteiger partial charge in [-0.25, -0.2) is 13.4 Å². The number of sulfone groups is 1. The van der Waals surface area contributed by atoms with Crippen LogP contribution in [-0.4, -0.2) is 48.4 Å². The Morgan fingerprint density at radius 2 is 2.09 bits per heavy atom. The maximum absolute atomic E-state index is 11.3. The fourth-order valence-electron chi connectivity index (χ4n) is 3.05. The first kappa shape index (κ1) is 17.8. The second kappa shape index (κ2) is 7.86. The molecule has 0 amide bonds. The first-order chi connectivity index (χ1) is 10.3. The van der Waals surface area contributed by atoms with Gasteiger partial charge in [0.15, 0.2) is 9.84 Å². The van der Waals surface area contributed by atoms with Crippen LogP contribution < -0.4 is 0 Å². The second-order valence-electron chi connectivity index (χ2n) is 6.37. The van der Waals surface area contributed by atoms with Crippen LogP contribution in [0.5, 0.6) is 0 Å². The fourth-order valence-corrected chi connectivity index (χ4v) is 5.05. The number of hydrogen-bond donors (Lipinski definition) is 1. The van der Waals surface area contributed by atoms with Crippen LogP contribution in [0.4, 0.5) is 0 Å². The molecule has 7 heteroatoms. The molecule has 0 aromatic carbocycles. The third-order valence-corrected chi connectivity index (χ3v) is 5.82. The van der Waals surface area contributed by atoms with Crippen LogP contribution >= 0.6 is 11.3 Å². The molecule has 126 valence electrons. The summed E-state index contributed by atoms with van der Waals surface area (Å²) < 4.78 is 22.7. The Morgan fingerprint density at radius 3 is 2.68 bits per heavy atom. The topological polar surface area (TPSA) is 70.5 Å². The minimum Gasteiger partial charge on any atom is -0.392 e.